The maximum Gasteiger partial charge on any atom is 0.227 e. The van der Waals surface area contributed by atoms with Crippen LogP contribution < -0.4 is 0 Å². The van der Waals surface area contributed by atoms with E-state index in [0.717, 1.165) is 48.6 Å². The van der Waals surface area contributed by atoms with Crippen LogP contribution in [-0.2, 0) is 17.8 Å². The molecule has 0 saturated carbocycles. The zero-order valence-electron chi connectivity index (χ0n) is 15.9. The van der Waals surface area contributed by atoms with Gasteiger partial charge in [0.05, 0.1) is 30.4 Å². The molecule has 3 aromatic rings. The number of hydrogen-bond acceptors (Lipinski definition) is 3. The van der Waals surface area contributed by atoms with Gasteiger partial charge >= 0.3 is 0 Å². The lowest BCUT2D eigenvalue weighted by molar-refractivity contribution is -0.131. The summed E-state index contributed by atoms with van der Waals surface area (Å²) in [5, 5.41) is 8.96. The summed E-state index contributed by atoms with van der Waals surface area (Å²) >= 11 is 0. The Morgan fingerprint density at radius 3 is 2.74 bits per heavy atom. The first-order valence-electron chi connectivity index (χ1n) is 9.51. The Morgan fingerprint density at radius 2 is 2.00 bits per heavy atom. The number of aromatic nitrogens is 4. The highest BCUT2D eigenvalue weighted by molar-refractivity contribution is 5.80. The van der Waals surface area contributed by atoms with Gasteiger partial charge in [-0.2, -0.15) is 10.2 Å². The van der Waals surface area contributed by atoms with E-state index in [9.17, 15) is 4.79 Å². The molecule has 1 fully saturated rings. The molecule has 1 aliphatic heterocycles. The number of amides is 1. The molecule has 1 aliphatic rings. The fraction of sp³-hybridized carbons (Fsp3) is 0.381. The van der Waals surface area contributed by atoms with Crippen molar-refractivity contribution in [2.45, 2.75) is 45.7 Å². The summed E-state index contributed by atoms with van der Waals surface area (Å²) in [6.45, 7) is 5.62. The van der Waals surface area contributed by atoms with Crippen molar-refractivity contribution in [3.8, 4) is 5.69 Å². The largest absolute Gasteiger partial charge is 0.338 e. The summed E-state index contributed by atoms with van der Waals surface area (Å²) in [6, 6.07) is 12.2. The SMILES string of the molecule is Cc1nn(-c2ccccc2)c(C)c1CC(=O)N1CCC[C@H]1Cn1cccn1. The second kappa shape index (κ2) is 7.39. The fourth-order valence-corrected chi connectivity index (χ4v) is 3.98. The minimum Gasteiger partial charge on any atom is -0.338 e. The number of rotatable bonds is 5. The molecule has 3 heterocycles. The van der Waals surface area contributed by atoms with Crippen molar-refractivity contribution in [1.82, 2.24) is 24.5 Å². The van der Waals surface area contributed by atoms with Crippen LogP contribution in [0.25, 0.3) is 5.69 Å². The van der Waals surface area contributed by atoms with Gasteiger partial charge in [0.1, 0.15) is 0 Å². The van der Waals surface area contributed by atoms with E-state index in [2.05, 4.69) is 10.2 Å². The highest BCUT2D eigenvalue weighted by Crippen LogP contribution is 2.23. The Hall–Kier alpha value is -2.89. The van der Waals surface area contributed by atoms with Gasteiger partial charge < -0.3 is 4.90 Å². The van der Waals surface area contributed by atoms with Crippen LogP contribution in [0.1, 0.15) is 29.8 Å². The van der Waals surface area contributed by atoms with E-state index in [-0.39, 0.29) is 11.9 Å². The summed E-state index contributed by atoms with van der Waals surface area (Å²) in [5.41, 5.74) is 4.02. The van der Waals surface area contributed by atoms with Gasteiger partial charge in [0, 0.05) is 30.2 Å². The van der Waals surface area contributed by atoms with Gasteiger partial charge in [0.25, 0.3) is 0 Å². The predicted octanol–water partition coefficient (Wildman–Crippen LogP) is 2.92. The molecule has 0 unspecified atom stereocenters. The lowest BCUT2D eigenvalue weighted by Crippen LogP contribution is -2.39. The molecule has 27 heavy (non-hydrogen) atoms. The standard InChI is InChI=1S/C21H25N5O/c1-16-20(17(2)26(23-16)18-8-4-3-5-9-18)14-21(27)25-13-6-10-19(25)15-24-12-7-11-22-24/h3-5,7-9,11-12,19H,6,10,13-15H2,1-2H3/t19-/m0/s1. The monoisotopic (exact) mass is 363 g/mol. The average molecular weight is 363 g/mol. The van der Waals surface area contributed by atoms with E-state index in [1.54, 1.807) is 6.20 Å². The number of benzene rings is 1. The molecule has 2 aromatic heterocycles. The Bertz CT molecular complexity index is 914. The first kappa shape index (κ1) is 17.5. The molecule has 1 atom stereocenters. The van der Waals surface area contributed by atoms with Gasteiger partial charge in [-0.1, -0.05) is 18.2 Å². The van der Waals surface area contributed by atoms with Gasteiger partial charge in [-0.05, 0) is 44.9 Å². The van der Waals surface area contributed by atoms with Crippen molar-refractivity contribution in [2.75, 3.05) is 6.54 Å². The van der Waals surface area contributed by atoms with Crippen molar-refractivity contribution < 1.29 is 4.79 Å². The number of likely N-dealkylation sites (tertiary alicyclic amines) is 1. The van der Waals surface area contributed by atoms with Crippen LogP contribution in [0.15, 0.2) is 48.8 Å². The molecule has 1 aromatic carbocycles. The molecular weight excluding hydrogens is 338 g/mol. The highest BCUT2D eigenvalue weighted by Gasteiger charge is 2.30. The maximum atomic E-state index is 13.1. The highest BCUT2D eigenvalue weighted by atomic mass is 16.2. The third-order valence-electron chi connectivity index (χ3n) is 5.42. The summed E-state index contributed by atoms with van der Waals surface area (Å²) in [7, 11) is 0. The zero-order valence-corrected chi connectivity index (χ0v) is 15.9. The lowest BCUT2D eigenvalue weighted by atomic mass is 10.1. The Labute approximate surface area is 159 Å². The van der Waals surface area contributed by atoms with E-state index in [0.29, 0.717) is 6.42 Å². The normalized spacial score (nSPS) is 16.8. The Morgan fingerprint density at radius 1 is 1.19 bits per heavy atom. The summed E-state index contributed by atoms with van der Waals surface area (Å²) in [6.07, 6.45) is 6.23. The van der Waals surface area contributed by atoms with Crippen molar-refractivity contribution in [1.29, 1.82) is 0 Å². The molecule has 0 aliphatic carbocycles. The van der Waals surface area contributed by atoms with E-state index >= 15 is 0 Å². The number of carbonyl (C=O) groups excluding carboxylic acids is 1. The number of hydrogen-bond donors (Lipinski definition) is 0. The van der Waals surface area contributed by atoms with Gasteiger partial charge in [-0.25, -0.2) is 4.68 Å². The first-order chi connectivity index (χ1) is 13.1. The Balaban J connectivity index is 1.52. The quantitative estimate of drug-likeness (QED) is 0.700. The van der Waals surface area contributed by atoms with Crippen LogP contribution in [0.2, 0.25) is 0 Å². The van der Waals surface area contributed by atoms with Gasteiger partial charge in [-0.15, -0.1) is 0 Å². The van der Waals surface area contributed by atoms with E-state index < -0.39 is 0 Å². The predicted molar refractivity (Wildman–Crippen MR) is 104 cm³/mol. The third kappa shape index (κ3) is 3.52. The van der Waals surface area contributed by atoms with Crippen molar-refractivity contribution in [3.63, 3.8) is 0 Å². The minimum absolute atomic E-state index is 0.184. The van der Waals surface area contributed by atoms with Crippen molar-refractivity contribution >= 4 is 5.91 Å². The van der Waals surface area contributed by atoms with E-state index in [1.165, 1.54) is 0 Å². The van der Waals surface area contributed by atoms with Crippen LogP contribution in [0.3, 0.4) is 0 Å². The number of carbonyl (C=O) groups is 1. The van der Waals surface area contributed by atoms with Gasteiger partial charge in [-0.3, -0.25) is 9.48 Å². The third-order valence-corrected chi connectivity index (χ3v) is 5.42. The molecule has 1 saturated heterocycles. The molecule has 1 amide bonds. The molecule has 0 N–H and O–H groups in total. The summed E-state index contributed by atoms with van der Waals surface area (Å²) in [5.74, 6) is 0.184. The van der Waals surface area contributed by atoms with Crippen LogP contribution in [0.4, 0.5) is 0 Å². The molecule has 6 nitrogen and oxygen atoms in total. The fourth-order valence-electron chi connectivity index (χ4n) is 3.98. The van der Waals surface area contributed by atoms with Crippen LogP contribution in [-0.4, -0.2) is 43.0 Å². The van der Waals surface area contributed by atoms with Gasteiger partial charge in [0.2, 0.25) is 5.91 Å². The van der Waals surface area contributed by atoms with Crippen LogP contribution in [0.5, 0.6) is 0 Å². The lowest BCUT2D eigenvalue weighted by Gasteiger charge is -2.25. The summed E-state index contributed by atoms with van der Waals surface area (Å²) in [4.78, 5) is 15.1. The second-order valence-electron chi connectivity index (χ2n) is 7.18. The molecular formula is C21H25N5O. The minimum atomic E-state index is 0.184. The van der Waals surface area contributed by atoms with Crippen molar-refractivity contribution in [2.24, 2.45) is 0 Å². The van der Waals surface area contributed by atoms with E-state index in [4.69, 9.17) is 0 Å². The van der Waals surface area contributed by atoms with E-state index in [1.807, 2.05) is 70.7 Å². The number of para-hydroxylation sites is 1. The molecule has 0 radical (unpaired) electrons. The smallest absolute Gasteiger partial charge is 0.227 e. The number of nitrogens with zero attached hydrogens (tertiary/aromatic N) is 5. The van der Waals surface area contributed by atoms with Crippen LogP contribution in [0, 0.1) is 13.8 Å². The van der Waals surface area contributed by atoms with Crippen LogP contribution >= 0.6 is 0 Å². The molecule has 0 bridgehead atoms. The Kier molecular flexibility index (Phi) is 4.79. The zero-order chi connectivity index (χ0) is 18.8. The van der Waals surface area contributed by atoms with Crippen molar-refractivity contribution in [3.05, 3.63) is 65.7 Å². The number of aryl methyl sites for hydroxylation is 1. The van der Waals surface area contributed by atoms with Gasteiger partial charge in [0.15, 0.2) is 0 Å². The molecule has 6 heteroatoms. The topological polar surface area (TPSA) is 56.0 Å². The molecule has 4 rings (SSSR count). The molecule has 0 spiro atoms. The average Bonchev–Trinajstić information content (AvgIpc) is 3.41. The maximum absolute atomic E-state index is 13.1. The first-order valence-corrected chi connectivity index (χ1v) is 9.51. The second-order valence-corrected chi connectivity index (χ2v) is 7.18. The molecule has 140 valence electrons. The summed E-state index contributed by atoms with van der Waals surface area (Å²) < 4.78 is 3.85.